The number of fused-ring (bicyclic) bond motifs is 3. The molecule has 0 N–H and O–H groups in total. The average molecular weight is 318 g/mol. The van der Waals surface area contributed by atoms with Crippen molar-refractivity contribution < 1.29 is 26.7 Å². The smallest absolute Gasteiger partial charge is 0.419 e. The van der Waals surface area contributed by atoms with Gasteiger partial charge in [0.15, 0.2) is 17.4 Å². The third-order valence-electron chi connectivity index (χ3n) is 3.18. The molecule has 0 aliphatic heterocycles. The van der Waals surface area contributed by atoms with Crippen molar-refractivity contribution in [2.24, 2.45) is 0 Å². The zero-order valence-corrected chi connectivity index (χ0v) is 11.3. The summed E-state index contributed by atoms with van der Waals surface area (Å²) in [6.45, 7) is 0. The van der Waals surface area contributed by atoms with Crippen LogP contribution in [0.5, 0.6) is 5.75 Å². The topological polar surface area (TPSA) is 9.23 Å². The normalized spacial score (nSPS) is 12.3. The van der Waals surface area contributed by atoms with Gasteiger partial charge in [-0.05, 0) is 18.2 Å². The van der Waals surface area contributed by atoms with Gasteiger partial charge in [0, 0.05) is 10.8 Å². The van der Waals surface area contributed by atoms with Gasteiger partial charge < -0.3 is 4.74 Å². The molecule has 2 aromatic carbocycles. The van der Waals surface area contributed by atoms with Crippen molar-refractivity contribution in [3.8, 4) is 5.75 Å². The Morgan fingerprint density at radius 3 is 2.05 bits per heavy atom. The first-order chi connectivity index (χ1) is 9.84. The molecular weight excluding hydrogens is 311 g/mol. The van der Waals surface area contributed by atoms with Crippen LogP contribution >= 0.6 is 11.3 Å². The lowest BCUT2D eigenvalue weighted by Gasteiger charge is -2.07. The predicted molar refractivity (Wildman–Crippen MR) is 70.8 cm³/mol. The maximum atomic E-state index is 14.1. The Kier molecular flexibility index (Phi) is 3.05. The molecule has 1 aromatic heterocycles. The Bertz CT molecular complexity index is 850. The zero-order chi connectivity index (χ0) is 15.4. The minimum absolute atomic E-state index is 0.0366. The first-order valence-corrected chi connectivity index (χ1v) is 6.60. The second-order valence-electron chi connectivity index (χ2n) is 4.36. The minimum Gasteiger partial charge on any atom is -0.494 e. The Morgan fingerprint density at radius 2 is 1.48 bits per heavy atom. The average Bonchev–Trinajstić information content (AvgIpc) is 2.79. The predicted octanol–water partition coefficient (Wildman–Crippen LogP) is 5.36. The molecule has 0 aliphatic rings. The van der Waals surface area contributed by atoms with E-state index in [0.29, 0.717) is 22.8 Å². The molecule has 0 saturated carbocycles. The monoisotopic (exact) mass is 318 g/mol. The Labute approximate surface area is 119 Å². The van der Waals surface area contributed by atoms with Crippen LogP contribution in [0.15, 0.2) is 24.3 Å². The number of hydrogen-bond acceptors (Lipinski definition) is 2. The quantitative estimate of drug-likeness (QED) is 0.549. The molecule has 110 valence electrons. The zero-order valence-electron chi connectivity index (χ0n) is 10.5. The van der Waals surface area contributed by atoms with Gasteiger partial charge in [0.1, 0.15) is 0 Å². The number of hydrogen-bond donors (Lipinski definition) is 0. The van der Waals surface area contributed by atoms with Crippen molar-refractivity contribution in [3.05, 3.63) is 41.5 Å². The summed E-state index contributed by atoms with van der Waals surface area (Å²) in [5.74, 6) is -2.12. The standard InChI is InChI=1S/C14H7F5OS/c1-20-9-5-3-7-6-2-4-8(14(17,18)19)10(15)12(6)21-13(7)11(9)16/h2-5H,1H3. The van der Waals surface area contributed by atoms with Crippen LogP contribution in [0.25, 0.3) is 20.2 Å². The second-order valence-corrected chi connectivity index (χ2v) is 5.38. The van der Waals surface area contributed by atoms with Crippen molar-refractivity contribution in [3.63, 3.8) is 0 Å². The van der Waals surface area contributed by atoms with E-state index >= 15 is 0 Å². The second kappa shape index (κ2) is 4.56. The summed E-state index contributed by atoms with van der Waals surface area (Å²) in [5.41, 5.74) is -1.35. The molecule has 0 unspecified atom stereocenters. The molecule has 0 radical (unpaired) electrons. The highest BCUT2D eigenvalue weighted by Gasteiger charge is 2.35. The molecule has 0 fully saturated rings. The Morgan fingerprint density at radius 1 is 0.905 bits per heavy atom. The van der Waals surface area contributed by atoms with Gasteiger partial charge in [0.2, 0.25) is 0 Å². The van der Waals surface area contributed by atoms with Crippen LogP contribution in [0.4, 0.5) is 22.0 Å². The summed E-state index contributed by atoms with van der Waals surface area (Å²) in [5, 5.41) is 0.614. The fourth-order valence-corrected chi connectivity index (χ4v) is 3.37. The highest BCUT2D eigenvalue weighted by molar-refractivity contribution is 7.25. The number of halogens is 5. The van der Waals surface area contributed by atoms with Crippen LogP contribution in [0.2, 0.25) is 0 Å². The van der Waals surface area contributed by atoms with E-state index in [0.717, 1.165) is 6.07 Å². The van der Waals surface area contributed by atoms with Gasteiger partial charge in [0.25, 0.3) is 0 Å². The van der Waals surface area contributed by atoms with Gasteiger partial charge in [-0.15, -0.1) is 11.3 Å². The first-order valence-electron chi connectivity index (χ1n) is 5.79. The molecule has 0 spiro atoms. The number of ether oxygens (including phenoxy) is 1. The van der Waals surface area contributed by atoms with Gasteiger partial charge in [-0.2, -0.15) is 13.2 Å². The molecule has 0 atom stereocenters. The Hall–Kier alpha value is -1.89. The summed E-state index contributed by atoms with van der Waals surface area (Å²) in [6, 6.07) is 4.69. The lowest BCUT2D eigenvalue weighted by Crippen LogP contribution is -2.07. The number of benzene rings is 2. The fraction of sp³-hybridized carbons (Fsp3) is 0.143. The van der Waals surface area contributed by atoms with Gasteiger partial charge >= 0.3 is 6.18 Å². The van der Waals surface area contributed by atoms with Crippen LogP contribution in [-0.4, -0.2) is 7.11 Å². The van der Waals surface area contributed by atoms with E-state index in [1.54, 1.807) is 0 Å². The minimum atomic E-state index is -4.79. The van der Waals surface area contributed by atoms with E-state index in [9.17, 15) is 22.0 Å². The summed E-state index contributed by atoms with van der Waals surface area (Å²) in [6.07, 6.45) is -4.79. The van der Waals surface area contributed by atoms with Crippen LogP contribution in [0.3, 0.4) is 0 Å². The van der Waals surface area contributed by atoms with Gasteiger partial charge in [0.05, 0.1) is 22.1 Å². The van der Waals surface area contributed by atoms with Crippen LogP contribution in [0.1, 0.15) is 5.56 Å². The number of alkyl halides is 3. The van der Waals surface area contributed by atoms with E-state index in [4.69, 9.17) is 4.74 Å². The Balaban J connectivity index is 2.41. The molecular formula is C14H7F5OS. The summed E-state index contributed by atoms with van der Waals surface area (Å²) in [7, 11) is 1.28. The lowest BCUT2D eigenvalue weighted by molar-refractivity contribution is -0.139. The van der Waals surface area contributed by atoms with Gasteiger partial charge in [-0.1, -0.05) is 6.07 Å². The maximum Gasteiger partial charge on any atom is 0.419 e. The summed E-state index contributed by atoms with van der Waals surface area (Å²) >= 11 is 0.645. The van der Waals surface area contributed by atoms with Crippen LogP contribution in [-0.2, 0) is 6.18 Å². The molecule has 0 saturated heterocycles. The largest absolute Gasteiger partial charge is 0.494 e. The highest BCUT2D eigenvalue weighted by Crippen LogP contribution is 2.42. The third-order valence-corrected chi connectivity index (χ3v) is 4.38. The van der Waals surface area contributed by atoms with Crippen molar-refractivity contribution in [1.82, 2.24) is 0 Å². The fourth-order valence-electron chi connectivity index (χ4n) is 2.20. The molecule has 3 rings (SSSR count). The SMILES string of the molecule is COc1ccc2c(sc3c(F)c(C(F)(F)F)ccc32)c1F. The maximum absolute atomic E-state index is 14.1. The van der Waals surface area contributed by atoms with Crippen molar-refractivity contribution >= 4 is 31.5 Å². The van der Waals surface area contributed by atoms with E-state index in [1.165, 1.54) is 19.2 Å². The van der Waals surface area contributed by atoms with Crippen molar-refractivity contribution in [1.29, 1.82) is 0 Å². The van der Waals surface area contributed by atoms with E-state index in [2.05, 4.69) is 0 Å². The number of methoxy groups -OCH3 is 1. The van der Waals surface area contributed by atoms with Gasteiger partial charge in [-0.3, -0.25) is 0 Å². The van der Waals surface area contributed by atoms with Crippen molar-refractivity contribution in [2.75, 3.05) is 7.11 Å². The third kappa shape index (κ3) is 2.03. The van der Waals surface area contributed by atoms with E-state index < -0.39 is 23.4 Å². The van der Waals surface area contributed by atoms with Gasteiger partial charge in [-0.25, -0.2) is 8.78 Å². The molecule has 1 heterocycles. The molecule has 0 aliphatic carbocycles. The van der Waals surface area contributed by atoms with Crippen molar-refractivity contribution in [2.45, 2.75) is 6.18 Å². The summed E-state index contributed by atoms with van der Waals surface area (Å²) < 4.78 is 70.9. The van der Waals surface area contributed by atoms with Crippen LogP contribution < -0.4 is 4.74 Å². The molecule has 0 amide bonds. The lowest BCUT2D eigenvalue weighted by atomic mass is 10.1. The molecule has 7 heteroatoms. The summed E-state index contributed by atoms with van der Waals surface area (Å²) in [4.78, 5) is 0. The number of thiophene rings is 1. The molecule has 0 bridgehead atoms. The molecule has 21 heavy (non-hydrogen) atoms. The van der Waals surface area contributed by atoms with Crippen LogP contribution in [0, 0.1) is 11.6 Å². The highest BCUT2D eigenvalue weighted by atomic mass is 32.1. The first kappa shape index (κ1) is 14.1. The molecule has 3 aromatic rings. The van der Waals surface area contributed by atoms with E-state index in [1.807, 2.05) is 0 Å². The number of rotatable bonds is 1. The molecule has 1 nitrogen and oxygen atoms in total. The van der Waals surface area contributed by atoms with E-state index in [-0.39, 0.29) is 20.5 Å².